The normalized spacial score (nSPS) is 14.4. The van der Waals surface area contributed by atoms with Gasteiger partial charge in [0.2, 0.25) is 9.84 Å². The van der Waals surface area contributed by atoms with Gasteiger partial charge in [0.15, 0.2) is 10.9 Å². The molecule has 1 aliphatic rings. The number of fused-ring (bicyclic) bond motifs is 2. The van der Waals surface area contributed by atoms with Crippen molar-refractivity contribution in [1.82, 2.24) is 4.98 Å². The van der Waals surface area contributed by atoms with E-state index in [-0.39, 0.29) is 32.3 Å². The number of sulfone groups is 1. The molecule has 0 fully saturated rings. The number of benzene rings is 2. The number of hydrogen-bond acceptors (Lipinski definition) is 6. The summed E-state index contributed by atoms with van der Waals surface area (Å²) < 4.78 is 25.8. The zero-order chi connectivity index (χ0) is 18.5. The molecule has 1 aliphatic heterocycles. The van der Waals surface area contributed by atoms with Gasteiger partial charge in [0, 0.05) is 22.1 Å². The van der Waals surface area contributed by atoms with Gasteiger partial charge >= 0.3 is 0 Å². The van der Waals surface area contributed by atoms with Crippen molar-refractivity contribution < 1.29 is 18.0 Å². The lowest BCUT2D eigenvalue weighted by Gasteiger charge is -2.19. The maximum atomic E-state index is 12.9. The number of aryl methyl sites for hydroxylation is 1. The smallest absolute Gasteiger partial charge is 0.257 e. The van der Waals surface area contributed by atoms with Crippen molar-refractivity contribution >= 4 is 38.0 Å². The molecule has 1 aromatic heterocycles. The highest BCUT2D eigenvalue weighted by atomic mass is 32.2. The standard InChI is InChI=1S/C18H12N2O4S2/c1-10-9-25-18(19-10)20-17(22)11-6-7-13-15(8-11)26(23,24)14-5-3-2-4-12(14)16(13)21/h2-9H,1H3,(H,19,20,22). The Morgan fingerprint density at radius 2 is 1.81 bits per heavy atom. The molecule has 26 heavy (non-hydrogen) atoms. The van der Waals surface area contributed by atoms with Crippen molar-refractivity contribution in [2.75, 3.05) is 5.32 Å². The molecule has 0 spiro atoms. The van der Waals surface area contributed by atoms with Gasteiger partial charge in [-0.05, 0) is 37.3 Å². The molecule has 3 aromatic rings. The number of nitrogens with zero attached hydrogens (tertiary/aromatic N) is 1. The molecular formula is C18H12N2O4S2. The summed E-state index contributed by atoms with van der Waals surface area (Å²) in [6.07, 6.45) is 0. The highest BCUT2D eigenvalue weighted by molar-refractivity contribution is 7.91. The fourth-order valence-corrected chi connectivity index (χ4v) is 5.17. The van der Waals surface area contributed by atoms with Crippen LogP contribution in [0.2, 0.25) is 0 Å². The minimum atomic E-state index is -3.87. The van der Waals surface area contributed by atoms with Gasteiger partial charge in [-0.2, -0.15) is 0 Å². The lowest BCUT2D eigenvalue weighted by Crippen LogP contribution is -2.21. The third kappa shape index (κ3) is 2.54. The molecule has 4 rings (SSSR count). The molecule has 0 saturated carbocycles. The third-order valence-electron chi connectivity index (χ3n) is 4.04. The van der Waals surface area contributed by atoms with Crippen molar-refractivity contribution in [2.24, 2.45) is 0 Å². The Morgan fingerprint density at radius 3 is 2.54 bits per heavy atom. The molecule has 8 heteroatoms. The maximum absolute atomic E-state index is 12.9. The number of thiazole rings is 1. The second-order valence-corrected chi connectivity index (χ2v) is 8.53. The Hall–Kier alpha value is -2.84. The van der Waals surface area contributed by atoms with Crippen LogP contribution < -0.4 is 5.32 Å². The van der Waals surface area contributed by atoms with Crippen molar-refractivity contribution in [1.29, 1.82) is 0 Å². The molecule has 0 bridgehead atoms. The Balaban J connectivity index is 1.78. The van der Waals surface area contributed by atoms with Gasteiger partial charge in [0.1, 0.15) is 0 Å². The van der Waals surface area contributed by atoms with Crippen LogP contribution in [0.1, 0.15) is 32.0 Å². The predicted molar refractivity (Wildman–Crippen MR) is 96.6 cm³/mol. The predicted octanol–water partition coefficient (Wildman–Crippen LogP) is 3.08. The first-order valence-corrected chi connectivity index (χ1v) is 10.0. The summed E-state index contributed by atoms with van der Waals surface area (Å²) in [5.74, 6) is -0.850. The molecule has 6 nitrogen and oxygen atoms in total. The average molecular weight is 384 g/mol. The Morgan fingerprint density at radius 1 is 1.08 bits per heavy atom. The van der Waals surface area contributed by atoms with E-state index in [4.69, 9.17) is 0 Å². The SMILES string of the molecule is Cc1csc(NC(=O)c2ccc3c(c2)S(=O)(=O)c2ccccc2C3=O)n1. The van der Waals surface area contributed by atoms with Crippen molar-refractivity contribution in [3.8, 4) is 0 Å². The van der Waals surface area contributed by atoms with Crippen LogP contribution >= 0.6 is 11.3 Å². The first-order chi connectivity index (χ1) is 12.4. The molecule has 2 aromatic carbocycles. The molecule has 0 unspecified atom stereocenters. The van der Waals surface area contributed by atoms with E-state index < -0.39 is 15.7 Å². The number of rotatable bonds is 2. The van der Waals surface area contributed by atoms with E-state index in [2.05, 4.69) is 10.3 Å². The summed E-state index contributed by atoms with van der Waals surface area (Å²) in [7, 11) is -3.87. The molecule has 0 radical (unpaired) electrons. The van der Waals surface area contributed by atoms with Gasteiger partial charge in [0.25, 0.3) is 5.91 Å². The summed E-state index contributed by atoms with van der Waals surface area (Å²) in [6.45, 7) is 1.81. The summed E-state index contributed by atoms with van der Waals surface area (Å²) in [5, 5.41) is 4.85. The van der Waals surface area contributed by atoms with Crippen LogP contribution in [0.3, 0.4) is 0 Å². The van der Waals surface area contributed by atoms with Gasteiger partial charge in [-0.15, -0.1) is 11.3 Å². The van der Waals surface area contributed by atoms with Crippen LogP contribution in [-0.2, 0) is 9.84 Å². The van der Waals surface area contributed by atoms with E-state index in [1.54, 1.807) is 24.4 Å². The van der Waals surface area contributed by atoms with Gasteiger partial charge in [-0.3, -0.25) is 14.9 Å². The van der Waals surface area contributed by atoms with E-state index in [0.29, 0.717) is 5.13 Å². The Bertz CT molecular complexity index is 1180. The molecule has 1 amide bonds. The number of hydrogen-bond donors (Lipinski definition) is 1. The fourth-order valence-electron chi connectivity index (χ4n) is 2.81. The maximum Gasteiger partial charge on any atom is 0.257 e. The van der Waals surface area contributed by atoms with E-state index in [1.165, 1.54) is 41.7 Å². The first kappa shape index (κ1) is 16.6. The van der Waals surface area contributed by atoms with E-state index >= 15 is 0 Å². The molecule has 0 atom stereocenters. The zero-order valence-electron chi connectivity index (χ0n) is 13.5. The van der Waals surface area contributed by atoms with Gasteiger partial charge < -0.3 is 0 Å². The summed E-state index contributed by atoms with van der Waals surface area (Å²) in [6, 6.07) is 10.1. The lowest BCUT2D eigenvalue weighted by atomic mass is 10.0. The number of carbonyl (C=O) groups is 2. The summed E-state index contributed by atoms with van der Waals surface area (Å²) in [5.41, 5.74) is 1.15. The number of nitrogens with one attached hydrogen (secondary N) is 1. The third-order valence-corrected chi connectivity index (χ3v) is 6.77. The topological polar surface area (TPSA) is 93.2 Å². The lowest BCUT2D eigenvalue weighted by molar-refractivity contribution is 0.101. The second kappa shape index (κ2) is 5.86. The number of amides is 1. The van der Waals surface area contributed by atoms with Gasteiger partial charge in [-0.25, -0.2) is 13.4 Å². The van der Waals surface area contributed by atoms with Crippen LogP contribution in [0.4, 0.5) is 5.13 Å². The monoisotopic (exact) mass is 384 g/mol. The minimum absolute atomic E-state index is 0.0365. The van der Waals surface area contributed by atoms with Crippen LogP contribution in [0.5, 0.6) is 0 Å². The number of ketones is 1. The van der Waals surface area contributed by atoms with E-state index in [0.717, 1.165) is 5.69 Å². The van der Waals surface area contributed by atoms with Crippen LogP contribution in [-0.4, -0.2) is 25.1 Å². The Kier molecular flexibility index (Phi) is 3.74. The van der Waals surface area contributed by atoms with E-state index in [9.17, 15) is 18.0 Å². The highest BCUT2D eigenvalue weighted by Crippen LogP contribution is 2.34. The molecular weight excluding hydrogens is 372 g/mol. The Labute approximate surface area is 153 Å². The van der Waals surface area contributed by atoms with Gasteiger partial charge in [-0.1, -0.05) is 12.1 Å². The molecule has 1 N–H and O–H groups in total. The molecule has 2 heterocycles. The molecule has 0 aliphatic carbocycles. The molecule has 0 saturated heterocycles. The number of aromatic nitrogens is 1. The van der Waals surface area contributed by atoms with Crippen molar-refractivity contribution in [3.05, 3.63) is 70.2 Å². The summed E-state index contributed by atoms with van der Waals surface area (Å²) in [4.78, 5) is 29.0. The van der Waals surface area contributed by atoms with Crippen molar-refractivity contribution in [2.45, 2.75) is 16.7 Å². The minimum Gasteiger partial charge on any atom is -0.298 e. The largest absolute Gasteiger partial charge is 0.298 e. The quantitative estimate of drug-likeness (QED) is 0.573. The zero-order valence-corrected chi connectivity index (χ0v) is 15.1. The van der Waals surface area contributed by atoms with Crippen LogP contribution in [0.25, 0.3) is 0 Å². The second-order valence-electron chi connectivity index (χ2n) is 5.79. The number of anilines is 1. The number of carbonyl (C=O) groups excluding carboxylic acids is 2. The van der Waals surface area contributed by atoms with E-state index in [1.807, 2.05) is 0 Å². The first-order valence-electron chi connectivity index (χ1n) is 7.64. The fraction of sp³-hybridized carbons (Fsp3) is 0.0556. The van der Waals surface area contributed by atoms with Gasteiger partial charge in [0.05, 0.1) is 15.5 Å². The average Bonchev–Trinajstić information content (AvgIpc) is 3.04. The molecule has 130 valence electrons. The van der Waals surface area contributed by atoms with Crippen LogP contribution in [0.15, 0.2) is 57.6 Å². The van der Waals surface area contributed by atoms with Crippen LogP contribution in [0, 0.1) is 6.92 Å². The highest BCUT2D eigenvalue weighted by Gasteiger charge is 2.35. The van der Waals surface area contributed by atoms with Crippen molar-refractivity contribution in [3.63, 3.8) is 0 Å². The summed E-state index contributed by atoms with van der Waals surface area (Å²) >= 11 is 1.28.